The second kappa shape index (κ2) is 3.90. The largest absolute Gasteiger partial charge is 0.465 e. The Morgan fingerprint density at radius 3 is 2.82 bits per heavy atom. The molecule has 0 aromatic heterocycles. The standard InChI is InChI=1S/C9H8O.Pb/c1-2-6-9-8(4-1)5-3-7-10-9;/h1-4,6-7H,5H2;. The molecule has 0 saturated carbocycles. The first-order valence-corrected chi connectivity index (χ1v) is 3.36. The summed E-state index contributed by atoms with van der Waals surface area (Å²) in [7, 11) is 0. The number of fused-ring (bicyclic) bond motifs is 1. The predicted octanol–water partition coefficient (Wildman–Crippen LogP) is 1.75. The third-order valence-corrected chi connectivity index (χ3v) is 1.60. The summed E-state index contributed by atoms with van der Waals surface area (Å²) in [6.45, 7) is 0. The minimum atomic E-state index is 0. The van der Waals surface area contributed by atoms with Crippen LogP contribution in [0.15, 0.2) is 36.6 Å². The Bertz CT molecular complexity index is 241. The van der Waals surface area contributed by atoms with Gasteiger partial charge in [0.15, 0.2) is 0 Å². The second-order valence-electron chi connectivity index (χ2n) is 2.30. The summed E-state index contributed by atoms with van der Waals surface area (Å²) in [5.41, 5.74) is 1.27. The maximum absolute atomic E-state index is 5.24. The summed E-state index contributed by atoms with van der Waals surface area (Å²) in [5, 5.41) is 0. The van der Waals surface area contributed by atoms with E-state index in [-0.39, 0.29) is 27.3 Å². The van der Waals surface area contributed by atoms with Gasteiger partial charge in [-0.3, -0.25) is 0 Å². The Labute approximate surface area is 86.2 Å². The minimum absolute atomic E-state index is 0. The number of ether oxygens (including phenoxy) is 1. The maximum Gasteiger partial charge on any atom is 0.130 e. The van der Waals surface area contributed by atoms with E-state index in [0.717, 1.165) is 12.2 Å². The molecular weight excluding hydrogens is 331 g/mol. The van der Waals surface area contributed by atoms with Crippen LogP contribution in [0.5, 0.6) is 5.75 Å². The van der Waals surface area contributed by atoms with Gasteiger partial charge in [0.05, 0.1) is 6.26 Å². The molecule has 2 heteroatoms. The molecule has 0 fully saturated rings. The number of benzene rings is 1. The number of rotatable bonds is 0. The van der Waals surface area contributed by atoms with Crippen LogP contribution >= 0.6 is 0 Å². The van der Waals surface area contributed by atoms with E-state index in [1.54, 1.807) is 6.26 Å². The van der Waals surface area contributed by atoms with Crippen LogP contribution in [0.4, 0.5) is 0 Å². The van der Waals surface area contributed by atoms with E-state index >= 15 is 0 Å². The van der Waals surface area contributed by atoms with Crippen molar-refractivity contribution in [2.24, 2.45) is 0 Å². The minimum Gasteiger partial charge on any atom is -0.465 e. The molecule has 0 N–H and O–H groups in total. The molecule has 1 heterocycles. The van der Waals surface area contributed by atoms with Crippen molar-refractivity contribution in [3.63, 3.8) is 0 Å². The zero-order valence-electron chi connectivity index (χ0n) is 6.08. The van der Waals surface area contributed by atoms with E-state index in [9.17, 15) is 0 Å². The average Bonchev–Trinajstić information content (AvgIpc) is 2.05. The van der Waals surface area contributed by atoms with Crippen molar-refractivity contribution in [1.82, 2.24) is 0 Å². The fourth-order valence-electron chi connectivity index (χ4n) is 1.08. The van der Waals surface area contributed by atoms with Gasteiger partial charge in [-0.2, -0.15) is 0 Å². The van der Waals surface area contributed by atoms with Crippen molar-refractivity contribution in [3.05, 3.63) is 42.2 Å². The number of hydrogen-bond donors (Lipinski definition) is 0. The van der Waals surface area contributed by atoms with Crippen molar-refractivity contribution < 1.29 is 4.74 Å². The molecule has 0 saturated heterocycles. The van der Waals surface area contributed by atoms with Crippen molar-refractivity contribution in [3.8, 4) is 5.75 Å². The molecule has 0 spiro atoms. The van der Waals surface area contributed by atoms with Gasteiger partial charge < -0.3 is 4.74 Å². The molecule has 1 nitrogen and oxygen atoms in total. The summed E-state index contributed by atoms with van der Waals surface area (Å²) >= 11 is 0. The van der Waals surface area contributed by atoms with Crippen LogP contribution in [-0.2, 0) is 6.42 Å². The summed E-state index contributed by atoms with van der Waals surface area (Å²) < 4.78 is 5.24. The summed E-state index contributed by atoms with van der Waals surface area (Å²) in [6.07, 6.45) is 4.75. The van der Waals surface area contributed by atoms with E-state index in [1.165, 1.54) is 5.56 Å². The van der Waals surface area contributed by atoms with Crippen LogP contribution in [0.1, 0.15) is 5.56 Å². The first-order valence-electron chi connectivity index (χ1n) is 3.36. The summed E-state index contributed by atoms with van der Waals surface area (Å²) in [6, 6.07) is 8.08. The Hall–Kier alpha value is -0.318. The van der Waals surface area contributed by atoms with Crippen molar-refractivity contribution in [1.29, 1.82) is 0 Å². The van der Waals surface area contributed by atoms with Crippen LogP contribution in [0.3, 0.4) is 0 Å². The van der Waals surface area contributed by atoms with Gasteiger partial charge in [-0.05, 0) is 24.1 Å². The molecule has 11 heavy (non-hydrogen) atoms. The zero-order chi connectivity index (χ0) is 6.81. The van der Waals surface area contributed by atoms with Gasteiger partial charge in [0.2, 0.25) is 0 Å². The van der Waals surface area contributed by atoms with Crippen molar-refractivity contribution in [2.75, 3.05) is 0 Å². The third kappa shape index (κ3) is 1.83. The van der Waals surface area contributed by atoms with E-state index in [2.05, 4.69) is 6.07 Å². The molecule has 1 aliphatic heterocycles. The normalized spacial score (nSPS) is 12.7. The first kappa shape index (κ1) is 8.78. The Morgan fingerprint density at radius 1 is 1.18 bits per heavy atom. The van der Waals surface area contributed by atoms with Crippen LogP contribution in [0.25, 0.3) is 0 Å². The Balaban J connectivity index is 0.000000605. The molecular formula is C9H8OPb. The maximum atomic E-state index is 5.24. The number of para-hydroxylation sites is 1. The van der Waals surface area contributed by atoms with Gasteiger partial charge in [-0.1, -0.05) is 18.2 Å². The van der Waals surface area contributed by atoms with Gasteiger partial charge >= 0.3 is 0 Å². The molecule has 0 unspecified atom stereocenters. The van der Waals surface area contributed by atoms with Gasteiger partial charge in [0.25, 0.3) is 0 Å². The predicted molar refractivity (Wildman–Crippen MR) is 45.7 cm³/mol. The number of allylic oxidation sites excluding steroid dienone is 1. The van der Waals surface area contributed by atoms with Crippen LogP contribution < -0.4 is 4.74 Å². The molecule has 0 bridgehead atoms. The van der Waals surface area contributed by atoms with E-state index in [1.807, 2.05) is 24.3 Å². The molecule has 4 radical (unpaired) electrons. The first-order chi connectivity index (χ1) is 4.97. The molecule has 1 aromatic carbocycles. The topological polar surface area (TPSA) is 9.23 Å². The van der Waals surface area contributed by atoms with Crippen LogP contribution in [0.2, 0.25) is 0 Å². The van der Waals surface area contributed by atoms with E-state index < -0.39 is 0 Å². The summed E-state index contributed by atoms with van der Waals surface area (Å²) in [4.78, 5) is 0. The van der Waals surface area contributed by atoms with E-state index in [0.29, 0.717) is 0 Å². The Morgan fingerprint density at radius 2 is 2.00 bits per heavy atom. The summed E-state index contributed by atoms with van der Waals surface area (Å²) in [5.74, 6) is 0.991. The van der Waals surface area contributed by atoms with E-state index in [4.69, 9.17) is 4.74 Å². The van der Waals surface area contributed by atoms with Crippen LogP contribution in [-0.4, -0.2) is 27.3 Å². The van der Waals surface area contributed by atoms with Crippen LogP contribution in [0, 0.1) is 0 Å². The second-order valence-corrected chi connectivity index (χ2v) is 2.30. The van der Waals surface area contributed by atoms with Gasteiger partial charge in [-0.25, -0.2) is 0 Å². The molecule has 0 atom stereocenters. The Kier molecular flexibility index (Phi) is 3.11. The number of hydrogen-bond acceptors (Lipinski definition) is 1. The SMILES string of the molecule is C1=COc2ccccc2C1.[Pb]. The molecule has 2 rings (SSSR count). The fourth-order valence-corrected chi connectivity index (χ4v) is 1.08. The smallest absolute Gasteiger partial charge is 0.130 e. The molecule has 1 aromatic rings. The third-order valence-electron chi connectivity index (χ3n) is 1.60. The van der Waals surface area contributed by atoms with Gasteiger partial charge in [0, 0.05) is 27.3 Å². The van der Waals surface area contributed by atoms with Gasteiger partial charge in [0.1, 0.15) is 5.75 Å². The fraction of sp³-hybridized carbons (Fsp3) is 0.111. The van der Waals surface area contributed by atoms with Gasteiger partial charge in [-0.15, -0.1) is 0 Å². The monoisotopic (exact) mass is 340 g/mol. The quantitative estimate of drug-likeness (QED) is 0.655. The molecule has 0 amide bonds. The van der Waals surface area contributed by atoms with Crippen molar-refractivity contribution >= 4 is 27.3 Å². The zero-order valence-corrected chi connectivity index (χ0v) is 9.97. The average molecular weight is 339 g/mol. The molecule has 0 aliphatic carbocycles. The molecule has 1 aliphatic rings. The van der Waals surface area contributed by atoms with Crippen molar-refractivity contribution in [2.45, 2.75) is 6.42 Å². The molecule has 54 valence electrons.